The predicted octanol–water partition coefficient (Wildman–Crippen LogP) is 3.11. The van der Waals surface area contributed by atoms with E-state index in [2.05, 4.69) is 0 Å². The van der Waals surface area contributed by atoms with Crippen LogP contribution in [0.15, 0.2) is 18.2 Å². The molecule has 0 unspecified atom stereocenters. The maximum atomic E-state index is 13.4. The summed E-state index contributed by atoms with van der Waals surface area (Å²) in [4.78, 5) is 0. The highest BCUT2D eigenvalue weighted by atomic mass is 19.4. The summed E-state index contributed by atoms with van der Waals surface area (Å²) in [6.45, 7) is 2.53. The lowest BCUT2D eigenvalue weighted by molar-refractivity contribution is -0.137. The lowest BCUT2D eigenvalue weighted by Crippen LogP contribution is -2.24. The van der Waals surface area contributed by atoms with Crippen LogP contribution in [0.25, 0.3) is 0 Å². The van der Waals surface area contributed by atoms with Gasteiger partial charge in [-0.2, -0.15) is 13.2 Å². The number of aliphatic hydroxyl groups is 1. The highest BCUT2D eigenvalue weighted by molar-refractivity contribution is 5.32. The van der Waals surface area contributed by atoms with Crippen LogP contribution >= 0.6 is 0 Å². The Bertz CT molecular complexity index is 382. The topological polar surface area (TPSA) is 20.2 Å². The molecule has 90 valence electrons. The van der Waals surface area contributed by atoms with Crippen molar-refractivity contribution in [3.05, 3.63) is 35.1 Å². The smallest absolute Gasteiger partial charge is 0.395 e. The Balaban J connectivity index is 3.30. The van der Waals surface area contributed by atoms with Crippen LogP contribution in [0.5, 0.6) is 0 Å². The van der Waals surface area contributed by atoms with E-state index < -0.39 is 29.6 Å². The zero-order chi connectivity index (χ0) is 12.6. The van der Waals surface area contributed by atoms with Gasteiger partial charge in [-0.3, -0.25) is 0 Å². The number of hydrogen-bond acceptors (Lipinski definition) is 1. The van der Waals surface area contributed by atoms with Crippen molar-refractivity contribution in [2.24, 2.45) is 0 Å². The number of halogens is 4. The number of benzene rings is 1. The highest BCUT2D eigenvalue weighted by Gasteiger charge is 2.33. The van der Waals surface area contributed by atoms with E-state index in [0.29, 0.717) is 6.07 Å². The average Bonchev–Trinajstić information content (AvgIpc) is 2.16. The lowest BCUT2D eigenvalue weighted by Gasteiger charge is -2.23. The fraction of sp³-hybridized carbons (Fsp3) is 0.455. The van der Waals surface area contributed by atoms with Crippen molar-refractivity contribution in [2.45, 2.75) is 25.4 Å². The van der Waals surface area contributed by atoms with E-state index in [-0.39, 0.29) is 5.56 Å². The van der Waals surface area contributed by atoms with Gasteiger partial charge >= 0.3 is 6.18 Å². The number of rotatable bonds is 2. The zero-order valence-electron chi connectivity index (χ0n) is 8.90. The van der Waals surface area contributed by atoms with Crippen molar-refractivity contribution in [2.75, 3.05) is 6.61 Å². The fourth-order valence-corrected chi connectivity index (χ4v) is 1.31. The Morgan fingerprint density at radius 2 is 1.75 bits per heavy atom. The first-order valence-electron chi connectivity index (χ1n) is 4.66. The monoisotopic (exact) mass is 236 g/mol. The maximum absolute atomic E-state index is 13.4. The van der Waals surface area contributed by atoms with Crippen LogP contribution in [-0.4, -0.2) is 11.7 Å². The molecule has 0 aliphatic carbocycles. The number of alkyl halides is 3. The first kappa shape index (κ1) is 13.0. The summed E-state index contributed by atoms with van der Waals surface area (Å²) in [5.74, 6) is -0.743. The molecule has 1 aromatic carbocycles. The van der Waals surface area contributed by atoms with Crippen LogP contribution in [0.1, 0.15) is 25.0 Å². The number of aliphatic hydroxyl groups excluding tert-OH is 1. The van der Waals surface area contributed by atoms with E-state index in [0.717, 1.165) is 12.1 Å². The fourth-order valence-electron chi connectivity index (χ4n) is 1.31. The Hall–Kier alpha value is -1.10. The van der Waals surface area contributed by atoms with Crippen LogP contribution in [0.4, 0.5) is 17.6 Å². The molecule has 0 saturated carbocycles. The predicted molar refractivity (Wildman–Crippen MR) is 51.5 cm³/mol. The molecule has 0 amide bonds. The quantitative estimate of drug-likeness (QED) is 0.782. The summed E-state index contributed by atoms with van der Waals surface area (Å²) in [6.07, 6.45) is -4.51. The molecule has 1 aromatic rings. The van der Waals surface area contributed by atoms with Gasteiger partial charge in [0.15, 0.2) is 0 Å². The van der Waals surface area contributed by atoms with Gasteiger partial charge in [-0.05, 0) is 23.8 Å². The van der Waals surface area contributed by atoms with Crippen molar-refractivity contribution >= 4 is 0 Å². The van der Waals surface area contributed by atoms with Crippen molar-refractivity contribution in [3.63, 3.8) is 0 Å². The minimum atomic E-state index is -4.51. The number of hydrogen-bond donors (Lipinski definition) is 1. The summed E-state index contributed by atoms with van der Waals surface area (Å²) in [7, 11) is 0. The molecule has 0 aliphatic rings. The largest absolute Gasteiger partial charge is 0.416 e. The van der Waals surface area contributed by atoms with Gasteiger partial charge in [0.05, 0.1) is 12.2 Å². The molecule has 0 bridgehead atoms. The zero-order valence-corrected chi connectivity index (χ0v) is 8.90. The molecule has 0 spiro atoms. The molecule has 5 heteroatoms. The lowest BCUT2D eigenvalue weighted by atomic mass is 9.84. The minimum Gasteiger partial charge on any atom is -0.395 e. The Morgan fingerprint density at radius 1 is 1.19 bits per heavy atom. The standard InChI is InChI=1S/C11H12F4O/c1-10(2,6-16)8-5-7(11(13,14)15)3-4-9(8)12/h3-5,16H,6H2,1-2H3. The Kier molecular flexibility index (Phi) is 3.28. The third kappa shape index (κ3) is 2.52. The van der Waals surface area contributed by atoms with E-state index in [1.807, 2.05) is 0 Å². The van der Waals surface area contributed by atoms with Gasteiger partial charge in [-0.1, -0.05) is 13.8 Å². The van der Waals surface area contributed by atoms with Crippen molar-refractivity contribution in [3.8, 4) is 0 Å². The van der Waals surface area contributed by atoms with Crippen LogP contribution in [-0.2, 0) is 11.6 Å². The van der Waals surface area contributed by atoms with Crippen LogP contribution in [0, 0.1) is 5.82 Å². The van der Waals surface area contributed by atoms with Gasteiger partial charge < -0.3 is 5.11 Å². The molecule has 0 aliphatic heterocycles. The third-order valence-electron chi connectivity index (χ3n) is 2.42. The average molecular weight is 236 g/mol. The summed E-state index contributed by atoms with van der Waals surface area (Å²) in [5.41, 5.74) is -2.08. The van der Waals surface area contributed by atoms with Gasteiger partial charge in [0.25, 0.3) is 0 Å². The molecule has 0 fully saturated rings. The molecule has 1 rings (SSSR count). The normalized spacial score (nSPS) is 12.9. The first-order valence-corrected chi connectivity index (χ1v) is 4.66. The van der Waals surface area contributed by atoms with Gasteiger partial charge in [0.2, 0.25) is 0 Å². The van der Waals surface area contributed by atoms with E-state index in [4.69, 9.17) is 5.11 Å². The highest BCUT2D eigenvalue weighted by Crippen LogP contribution is 2.33. The van der Waals surface area contributed by atoms with Crippen LogP contribution < -0.4 is 0 Å². The SMILES string of the molecule is CC(C)(CO)c1cc(C(F)(F)F)ccc1F. The molecule has 16 heavy (non-hydrogen) atoms. The van der Waals surface area contributed by atoms with E-state index in [9.17, 15) is 17.6 Å². The van der Waals surface area contributed by atoms with E-state index >= 15 is 0 Å². The second kappa shape index (κ2) is 4.05. The summed E-state index contributed by atoms with van der Waals surface area (Å²) < 4.78 is 50.6. The Labute approximate surface area is 90.7 Å². The molecule has 0 aromatic heterocycles. The van der Waals surface area contributed by atoms with Crippen molar-refractivity contribution in [1.82, 2.24) is 0 Å². The van der Waals surface area contributed by atoms with E-state index in [1.54, 1.807) is 0 Å². The summed E-state index contributed by atoms with van der Waals surface area (Å²) >= 11 is 0. The molecule has 0 heterocycles. The van der Waals surface area contributed by atoms with Crippen LogP contribution in [0.2, 0.25) is 0 Å². The first-order chi connectivity index (χ1) is 7.18. The van der Waals surface area contributed by atoms with Crippen LogP contribution in [0.3, 0.4) is 0 Å². The molecule has 0 atom stereocenters. The molecule has 1 nitrogen and oxygen atoms in total. The molecular formula is C11H12F4O. The van der Waals surface area contributed by atoms with Gasteiger partial charge in [-0.25, -0.2) is 4.39 Å². The molecular weight excluding hydrogens is 224 g/mol. The molecule has 0 radical (unpaired) electrons. The minimum absolute atomic E-state index is 0.134. The molecule has 0 saturated heterocycles. The summed E-state index contributed by atoms with van der Waals surface area (Å²) in [6, 6.07) is 2.20. The van der Waals surface area contributed by atoms with Gasteiger partial charge in [-0.15, -0.1) is 0 Å². The van der Waals surface area contributed by atoms with Crippen molar-refractivity contribution in [1.29, 1.82) is 0 Å². The second-order valence-electron chi connectivity index (χ2n) is 4.23. The van der Waals surface area contributed by atoms with Crippen molar-refractivity contribution < 1.29 is 22.7 Å². The van der Waals surface area contributed by atoms with Gasteiger partial charge in [0, 0.05) is 5.41 Å². The Morgan fingerprint density at radius 3 is 2.19 bits per heavy atom. The van der Waals surface area contributed by atoms with E-state index in [1.165, 1.54) is 13.8 Å². The molecule has 1 N–H and O–H groups in total. The van der Waals surface area contributed by atoms with Gasteiger partial charge in [0.1, 0.15) is 5.82 Å². The maximum Gasteiger partial charge on any atom is 0.416 e. The summed E-state index contributed by atoms with van der Waals surface area (Å²) in [5, 5.41) is 9.02. The second-order valence-corrected chi connectivity index (χ2v) is 4.23. The third-order valence-corrected chi connectivity index (χ3v) is 2.42.